The van der Waals surface area contributed by atoms with Gasteiger partial charge in [0.15, 0.2) is 0 Å². The number of nitrogens with zero attached hydrogens (tertiary/aromatic N) is 2. The second kappa shape index (κ2) is 9.83. The highest BCUT2D eigenvalue weighted by Gasteiger charge is 2.33. The van der Waals surface area contributed by atoms with E-state index in [1.165, 1.54) is 11.1 Å². The first-order chi connectivity index (χ1) is 12.8. The molecule has 2 aromatic rings. The molecule has 4 nitrogen and oxygen atoms in total. The van der Waals surface area contributed by atoms with Crippen molar-refractivity contribution in [3.8, 4) is 0 Å². The highest BCUT2D eigenvalue weighted by atomic mass is 16.5. The zero-order valence-electron chi connectivity index (χ0n) is 15.9. The molecule has 0 radical (unpaired) electrons. The third-order valence-corrected chi connectivity index (χ3v) is 5.10. The van der Waals surface area contributed by atoms with Crippen molar-refractivity contribution in [2.45, 2.75) is 25.2 Å². The van der Waals surface area contributed by atoms with Crippen LogP contribution in [0.15, 0.2) is 60.7 Å². The van der Waals surface area contributed by atoms with Gasteiger partial charge < -0.3 is 9.47 Å². The molecule has 2 aromatic carbocycles. The van der Waals surface area contributed by atoms with E-state index in [1.54, 1.807) is 14.2 Å². The molecule has 2 atom stereocenters. The van der Waals surface area contributed by atoms with E-state index in [0.29, 0.717) is 12.1 Å². The maximum absolute atomic E-state index is 5.54. The van der Waals surface area contributed by atoms with E-state index in [-0.39, 0.29) is 0 Å². The Balaban J connectivity index is 1.73. The average molecular weight is 354 g/mol. The Labute approximate surface area is 157 Å². The Hall–Kier alpha value is -1.72. The summed E-state index contributed by atoms with van der Waals surface area (Å²) in [4.78, 5) is 5.09. The van der Waals surface area contributed by atoms with Crippen molar-refractivity contribution in [2.24, 2.45) is 0 Å². The lowest BCUT2D eigenvalue weighted by molar-refractivity contribution is -0.0358. The third kappa shape index (κ3) is 5.15. The molecule has 0 N–H and O–H groups in total. The predicted octanol–water partition coefficient (Wildman–Crippen LogP) is 3.03. The minimum absolute atomic E-state index is 0.386. The van der Waals surface area contributed by atoms with E-state index >= 15 is 0 Å². The molecule has 0 aliphatic carbocycles. The summed E-state index contributed by atoms with van der Waals surface area (Å²) in [5.41, 5.74) is 2.70. The van der Waals surface area contributed by atoms with Crippen molar-refractivity contribution in [3.63, 3.8) is 0 Å². The molecule has 26 heavy (non-hydrogen) atoms. The van der Waals surface area contributed by atoms with Crippen molar-refractivity contribution in [1.29, 1.82) is 0 Å². The number of ether oxygens (including phenoxy) is 2. The number of rotatable bonds is 8. The first-order valence-electron chi connectivity index (χ1n) is 9.34. The number of hydrogen-bond acceptors (Lipinski definition) is 4. The van der Waals surface area contributed by atoms with E-state index in [0.717, 1.165) is 39.4 Å². The maximum atomic E-state index is 5.54. The highest BCUT2D eigenvalue weighted by molar-refractivity contribution is 5.16. The number of hydrogen-bond donors (Lipinski definition) is 0. The average Bonchev–Trinajstić information content (AvgIpc) is 2.67. The van der Waals surface area contributed by atoms with Crippen LogP contribution in [0.3, 0.4) is 0 Å². The normalized spacial score (nSPS) is 21.8. The smallest absolute Gasteiger partial charge is 0.0630 e. The molecular formula is C22H30N2O2. The molecule has 0 aromatic heterocycles. The fourth-order valence-electron chi connectivity index (χ4n) is 3.79. The Bertz CT molecular complexity index is 578. The molecule has 1 saturated heterocycles. The van der Waals surface area contributed by atoms with Crippen LogP contribution >= 0.6 is 0 Å². The van der Waals surface area contributed by atoms with E-state index in [1.807, 2.05) is 0 Å². The molecule has 1 fully saturated rings. The molecule has 3 rings (SSSR count). The van der Waals surface area contributed by atoms with Gasteiger partial charge >= 0.3 is 0 Å². The van der Waals surface area contributed by atoms with Gasteiger partial charge in [0.1, 0.15) is 0 Å². The topological polar surface area (TPSA) is 24.9 Å². The summed E-state index contributed by atoms with van der Waals surface area (Å²) < 4.78 is 11.1. The van der Waals surface area contributed by atoms with Gasteiger partial charge in [-0.15, -0.1) is 0 Å². The zero-order chi connectivity index (χ0) is 18.2. The minimum Gasteiger partial charge on any atom is -0.383 e. The van der Waals surface area contributed by atoms with Gasteiger partial charge in [0.2, 0.25) is 0 Å². The molecule has 140 valence electrons. The summed E-state index contributed by atoms with van der Waals surface area (Å²) in [6.45, 7) is 5.38. The maximum Gasteiger partial charge on any atom is 0.0630 e. The summed E-state index contributed by atoms with van der Waals surface area (Å²) in [5, 5.41) is 0. The molecule has 0 unspecified atom stereocenters. The van der Waals surface area contributed by atoms with Crippen LogP contribution in [0.25, 0.3) is 0 Å². The fourth-order valence-corrected chi connectivity index (χ4v) is 3.79. The van der Waals surface area contributed by atoms with Gasteiger partial charge in [0.05, 0.1) is 13.2 Å². The molecule has 1 heterocycles. The quantitative estimate of drug-likeness (QED) is 0.727. The van der Waals surface area contributed by atoms with E-state index in [2.05, 4.69) is 70.5 Å². The summed E-state index contributed by atoms with van der Waals surface area (Å²) >= 11 is 0. The van der Waals surface area contributed by atoms with Crippen LogP contribution in [-0.4, -0.2) is 62.4 Å². The van der Waals surface area contributed by atoms with Crippen molar-refractivity contribution in [1.82, 2.24) is 9.80 Å². The van der Waals surface area contributed by atoms with Crippen molar-refractivity contribution in [3.05, 3.63) is 71.8 Å². The Morgan fingerprint density at radius 3 is 1.42 bits per heavy atom. The van der Waals surface area contributed by atoms with Crippen LogP contribution in [-0.2, 0) is 22.6 Å². The fraction of sp³-hybridized carbons (Fsp3) is 0.455. The predicted molar refractivity (Wildman–Crippen MR) is 105 cm³/mol. The van der Waals surface area contributed by atoms with E-state index < -0.39 is 0 Å². The van der Waals surface area contributed by atoms with Gasteiger partial charge in [0.25, 0.3) is 0 Å². The lowest BCUT2D eigenvalue weighted by Crippen LogP contribution is -2.60. The first kappa shape index (κ1) is 19.1. The van der Waals surface area contributed by atoms with E-state index in [9.17, 15) is 0 Å². The van der Waals surface area contributed by atoms with Gasteiger partial charge in [-0.3, -0.25) is 9.80 Å². The molecule has 1 aliphatic heterocycles. The molecular weight excluding hydrogens is 324 g/mol. The largest absolute Gasteiger partial charge is 0.383 e. The summed E-state index contributed by atoms with van der Waals surface area (Å²) in [6.07, 6.45) is 0. The Kier molecular flexibility index (Phi) is 7.21. The first-order valence-corrected chi connectivity index (χ1v) is 9.34. The lowest BCUT2D eigenvalue weighted by Gasteiger charge is -2.46. The number of piperazine rings is 1. The second-order valence-electron chi connectivity index (χ2n) is 7.05. The highest BCUT2D eigenvalue weighted by Crippen LogP contribution is 2.21. The van der Waals surface area contributed by atoms with Crippen LogP contribution in [0.1, 0.15) is 11.1 Å². The SMILES string of the molecule is COC[C@@H]1CN(Cc2ccccc2)[C@@H](COC)CN1Cc1ccccc1. The third-order valence-electron chi connectivity index (χ3n) is 5.10. The van der Waals surface area contributed by atoms with Crippen LogP contribution in [0, 0.1) is 0 Å². The van der Waals surface area contributed by atoms with Crippen LogP contribution < -0.4 is 0 Å². The van der Waals surface area contributed by atoms with Gasteiger partial charge in [0, 0.05) is 52.5 Å². The summed E-state index contributed by atoms with van der Waals surface area (Å²) in [5.74, 6) is 0. The van der Waals surface area contributed by atoms with Gasteiger partial charge in [-0.1, -0.05) is 60.7 Å². The standard InChI is InChI=1S/C22H30N2O2/c1-25-17-21-15-24(14-20-11-7-4-8-12-20)22(18-26-2)16-23(21)13-19-9-5-3-6-10-19/h3-12,21-22H,13-18H2,1-2H3/t21-,22+. The zero-order valence-corrected chi connectivity index (χ0v) is 15.9. The molecule has 0 saturated carbocycles. The van der Waals surface area contributed by atoms with Crippen LogP contribution in [0.4, 0.5) is 0 Å². The van der Waals surface area contributed by atoms with Gasteiger partial charge in [-0.2, -0.15) is 0 Å². The lowest BCUT2D eigenvalue weighted by atomic mass is 10.0. The van der Waals surface area contributed by atoms with Gasteiger partial charge in [-0.25, -0.2) is 0 Å². The molecule has 1 aliphatic rings. The minimum atomic E-state index is 0.386. The van der Waals surface area contributed by atoms with Crippen molar-refractivity contribution < 1.29 is 9.47 Å². The summed E-state index contributed by atoms with van der Waals surface area (Å²) in [7, 11) is 3.59. The molecule has 0 bridgehead atoms. The Morgan fingerprint density at radius 1 is 0.692 bits per heavy atom. The van der Waals surface area contributed by atoms with Gasteiger partial charge in [-0.05, 0) is 11.1 Å². The van der Waals surface area contributed by atoms with Crippen LogP contribution in [0.5, 0.6) is 0 Å². The number of benzene rings is 2. The molecule has 0 spiro atoms. The van der Waals surface area contributed by atoms with Crippen molar-refractivity contribution >= 4 is 0 Å². The second-order valence-corrected chi connectivity index (χ2v) is 7.05. The summed E-state index contributed by atoms with van der Waals surface area (Å²) in [6, 6.07) is 22.2. The monoisotopic (exact) mass is 354 g/mol. The van der Waals surface area contributed by atoms with Crippen molar-refractivity contribution in [2.75, 3.05) is 40.5 Å². The number of methoxy groups -OCH3 is 2. The van der Waals surface area contributed by atoms with Crippen LogP contribution in [0.2, 0.25) is 0 Å². The molecule has 0 amide bonds. The Morgan fingerprint density at radius 2 is 1.08 bits per heavy atom. The van der Waals surface area contributed by atoms with E-state index in [4.69, 9.17) is 9.47 Å². The molecule has 4 heteroatoms.